The molecule has 0 aliphatic carbocycles. The zero-order valence-electron chi connectivity index (χ0n) is 11.7. The fraction of sp³-hybridized carbons (Fsp3) is 1.00. The summed E-state index contributed by atoms with van der Waals surface area (Å²) in [6.45, 7) is 13.9. The molecule has 2 nitrogen and oxygen atoms in total. The Kier molecular flexibility index (Phi) is 5.26. The lowest BCUT2D eigenvalue weighted by molar-refractivity contribution is 0.0686. The molecule has 0 aromatic carbocycles. The second kappa shape index (κ2) is 6.02. The summed E-state index contributed by atoms with van der Waals surface area (Å²) in [6, 6.07) is 1.04. The second-order valence-electron chi connectivity index (χ2n) is 6.06. The Balaban J connectivity index is 2.51. The van der Waals surface area contributed by atoms with E-state index >= 15 is 0 Å². The fourth-order valence-corrected chi connectivity index (χ4v) is 2.83. The van der Waals surface area contributed by atoms with E-state index in [4.69, 9.17) is 5.73 Å². The van der Waals surface area contributed by atoms with Gasteiger partial charge in [-0.25, -0.2) is 0 Å². The van der Waals surface area contributed by atoms with Crippen molar-refractivity contribution in [2.45, 2.75) is 59.5 Å². The third-order valence-corrected chi connectivity index (χ3v) is 4.54. The first kappa shape index (κ1) is 14.0. The monoisotopic (exact) mass is 226 g/mol. The second-order valence-corrected chi connectivity index (χ2v) is 6.06. The van der Waals surface area contributed by atoms with Gasteiger partial charge in [0.05, 0.1) is 0 Å². The lowest BCUT2D eigenvalue weighted by atomic mass is 9.85. The Morgan fingerprint density at radius 1 is 1.31 bits per heavy atom. The van der Waals surface area contributed by atoms with E-state index in [9.17, 15) is 0 Å². The normalized spacial score (nSPS) is 36.0. The maximum Gasteiger partial charge on any atom is 0.0193 e. The minimum Gasteiger partial charge on any atom is -0.326 e. The van der Waals surface area contributed by atoms with Crippen LogP contribution in [0, 0.1) is 17.8 Å². The Labute approximate surface area is 102 Å². The van der Waals surface area contributed by atoms with E-state index in [0.29, 0.717) is 18.0 Å². The zero-order chi connectivity index (χ0) is 12.3. The molecule has 0 bridgehead atoms. The van der Waals surface area contributed by atoms with Gasteiger partial charge in [-0.05, 0) is 31.1 Å². The predicted molar refractivity (Wildman–Crippen MR) is 71.4 cm³/mol. The third-order valence-electron chi connectivity index (χ3n) is 4.54. The van der Waals surface area contributed by atoms with E-state index in [2.05, 4.69) is 39.5 Å². The molecule has 0 amide bonds. The SMILES string of the molecule is CCC(C)C(N)CN1CC(C)CC(C)C1C. The quantitative estimate of drug-likeness (QED) is 0.798. The zero-order valence-corrected chi connectivity index (χ0v) is 11.7. The number of likely N-dealkylation sites (tertiary alicyclic amines) is 1. The number of hydrogen-bond acceptors (Lipinski definition) is 2. The summed E-state index contributed by atoms with van der Waals surface area (Å²) in [7, 11) is 0. The first-order valence-corrected chi connectivity index (χ1v) is 6.95. The van der Waals surface area contributed by atoms with Gasteiger partial charge in [-0.15, -0.1) is 0 Å². The van der Waals surface area contributed by atoms with Crippen molar-refractivity contribution in [2.24, 2.45) is 23.5 Å². The molecule has 2 heteroatoms. The Hall–Kier alpha value is -0.0800. The highest BCUT2D eigenvalue weighted by molar-refractivity contribution is 4.85. The maximum absolute atomic E-state index is 6.27. The van der Waals surface area contributed by atoms with Gasteiger partial charge in [-0.2, -0.15) is 0 Å². The van der Waals surface area contributed by atoms with Crippen LogP contribution >= 0.6 is 0 Å². The predicted octanol–water partition coefficient (Wildman–Crippen LogP) is 2.73. The van der Waals surface area contributed by atoms with Crippen molar-refractivity contribution in [3.63, 3.8) is 0 Å². The van der Waals surface area contributed by atoms with Crippen LogP contribution in [0.2, 0.25) is 0 Å². The van der Waals surface area contributed by atoms with Gasteiger partial charge in [0.1, 0.15) is 0 Å². The Bertz CT molecular complexity index is 205. The van der Waals surface area contributed by atoms with Crippen molar-refractivity contribution in [2.75, 3.05) is 13.1 Å². The van der Waals surface area contributed by atoms with Crippen LogP contribution in [0.25, 0.3) is 0 Å². The lowest BCUT2D eigenvalue weighted by Gasteiger charge is -2.42. The molecular formula is C14H30N2. The summed E-state index contributed by atoms with van der Waals surface area (Å²) in [5, 5.41) is 0. The van der Waals surface area contributed by atoms with E-state index < -0.39 is 0 Å². The van der Waals surface area contributed by atoms with Crippen molar-refractivity contribution < 1.29 is 0 Å². The molecule has 0 radical (unpaired) electrons. The summed E-state index contributed by atoms with van der Waals surface area (Å²) in [4.78, 5) is 2.61. The van der Waals surface area contributed by atoms with Gasteiger partial charge >= 0.3 is 0 Å². The first-order valence-electron chi connectivity index (χ1n) is 6.95. The number of rotatable bonds is 4. The molecule has 1 saturated heterocycles. The van der Waals surface area contributed by atoms with Crippen LogP contribution in [0.1, 0.15) is 47.5 Å². The van der Waals surface area contributed by atoms with Gasteiger partial charge in [-0.3, -0.25) is 4.90 Å². The van der Waals surface area contributed by atoms with E-state index in [1.54, 1.807) is 0 Å². The average Bonchev–Trinajstić information content (AvgIpc) is 2.23. The van der Waals surface area contributed by atoms with Crippen LogP contribution in [0.15, 0.2) is 0 Å². The largest absolute Gasteiger partial charge is 0.326 e. The maximum atomic E-state index is 6.27. The van der Waals surface area contributed by atoms with E-state index in [0.717, 1.165) is 18.4 Å². The summed E-state index contributed by atoms with van der Waals surface area (Å²) < 4.78 is 0. The molecule has 1 rings (SSSR count). The van der Waals surface area contributed by atoms with Gasteiger partial charge in [0.2, 0.25) is 0 Å². The minimum absolute atomic E-state index is 0.338. The highest BCUT2D eigenvalue weighted by Crippen LogP contribution is 2.27. The molecule has 0 aromatic heterocycles. The van der Waals surface area contributed by atoms with E-state index in [1.165, 1.54) is 19.4 Å². The molecule has 1 aliphatic rings. The van der Waals surface area contributed by atoms with Gasteiger partial charge in [0.15, 0.2) is 0 Å². The molecule has 2 N–H and O–H groups in total. The molecule has 0 saturated carbocycles. The fourth-order valence-electron chi connectivity index (χ4n) is 2.83. The van der Waals surface area contributed by atoms with Gasteiger partial charge in [0.25, 0.3) is 0 Å². The van der Waals surface area contributed by atoms with Crippen LogP contribution < -0.4 is 5.73 Å². The van der Waals surface area contributed by atoms with Crippen LogP contribution in [-0.2, 0) is 0 Å². The number of piperidine rings is 1. The highest BCUT2D eigenvalue weighted by atomic mass is 15.2. The van der Waals surface area contributed by atoms with E-state index in [-0.39, 0.29) is 0 Å². The number of hydrogen-bond donors (Lipinski definition) is 1. The molecule has 0 spiro atoms. The summed E-state index contributed by atoms with van der Waals surface area (Å²) in [5.74, 6) is 2.28. The average molecular weight is 226 g/mol. The summed E-state index contributed by atoms with van der Waals surface area (Å²) in [5.41, 5.74) is 6.27. The third kappa shape index (κ3) is 3.46. The molecular weight excluding hydrogens is 196 g/mol. The van der Waals surface area contributed by atoms with Crippen LogP contribution in [0.3, 0.4) is 0 Å². The lowest BCUT2D eigenvalue weighted by Crippen LogP contribution is -2.51. The smallest absolute Gasteiger partial charge is 0.0193 e. The van der Waals surface area contributed by atoms with Crippen LogP contribution in [0.5, 0.6) is 0 Å². The van der Waals surface area contributed by atoms with Gasteiger partial charge in [-0.1, -0.05) is 34.1 Å². The molecule has 0 aromatic rings. The number of nitrogens with two attached hydrogens (primary N) is 1. The Morgan fingerprint density at radius 2 is 1.94 bits per heavy atom. The summed E-state index contributed by atoms with van der Waals surface area (Å²) >= 11 is 0. The first-order chi connectivity index (χ1) is 7.45. The van der Waals surface area contributed by atoms with Crippen LogP contribution in [0.4, 0.5) is 0 Å². The van der Waals surface area contributed by atoms with Crippen molar-refractivity contribution in [3.8, 4) is 0 Å². The molecule has 1 aliphatic heterocycles. The van der Waals surface area contributed by atoms with Gasteiger partial charge in [0, 0.05) is 25.2 Å². The minimum atomic E-state index is 0.338. The molecule has 5 unspecified atom stereocenters. The molecule has 96 valence electrons. The van der Waals surface area contributed by atoms with Gasteiger partial charge < -0.3 is 5.73 Å². The molecule has 5 atom stereocenters. The Morgan fingerprint density at radius 3 is 2.50 bits per heavy atom. The van der Waals surface area contributed by atoms with E-state index in [1.807, 2.05) is 0 Å². The highest BCUT2D eigenvalue weighted by Gasteiger charge is 2.30. The van der Waals surface area contributed by atoms with Crippen molar-refractivity contribution in [1.29, 1.82) is 0 Å². The summed E-state index contributed by atoms with van der Waals surface area (Å²) in [6.07, 6.45) is 2.56. The van der Waals surface area contributed by atoms with Crippen molar-refractivity contribution in [1.82, 2.24) is 4.90 Å². The van der Waals surface area contributed by atoms with Crippen molar-refractivity contribution >= 4 is 0 Å². The van der Waals surface area contributed by atoms with Crippen molar-refractivity contribution in [3.05, 3.63) is 0 Å². The molecule has 1 fully saturated rings. The molecule has 1 heterocycles. The topological polar surface area (TPSA) is 29.3 Å². The molecule has 16 heavy (non-hydrogen) atoms. The number of nitrogens with zero attached hydrogens (tertiary/aromatic N) is 1. The standard InChI is InChI=1S/C14H30N2/c1-6-11(3)14(15)9-16-8-10(2)7-12(4)13(16)5/h10-14H,6-9,15H2,1-5H3. The van der Waals surface area contributed by atoms with Crippen LogP contribution in [-0.4, -0.2) is 30.1 Å².